The van der Waals surface area contributed by atoms with Gasteiger partial charge in [-0.05, 0) is 62.4 Å². The monoisotopic (exact) mass is 508 g/mol. The Bertz CT molecular complexity index is 1420. The number of aromatic nitrogens is 2. The van der Waals surface area contributed by atoms with Gasteiger partial charge >= 0.3 is 0 Å². The second-order valence-corrected chi connectivity index (χ2v) is 10.7. The molecule has 8 nitrogen and oxygen atoms in total. The van der Waals surface area contributed by atoms with Crippen LogP contribution in [0.1, 0.15) is 11.1 Å². The molecule has 35 heavy (non-hydrogen) atoms. The Labute approximate surface area is 208 Å². The minimum absolute atomic E-state index is 0.106. The van der Waals surface area contributed by atoms with Gasteiger partial charge in [-0.2, -0.15) is 0 Å². The number of amides is 1. The Kier molecular flexibility index (Phi) is 7.13. The van der Waals surface area contributed by atoms with Gasteiger partial charge in [-0.25, -0.2) is 8.42 Å². The number of carbonyl (C=O) groups is 1. The predicted octanol–water partition coefficient (Wildman–Crippen LogP) is 4.66. The van der Waals surface area contributed by atoms with Crippen LogP contribution >= 0.6 is 11.3 Å². The van der Waals surface area contributed by atoms with E-state index in [1.807, 2.05) is 38.1 Å². The van der Waals surface area contributed by atoms with Crippen molar-refractivity contribution in [2.45, 2.75) is 18.7 Å². The number of benzene rings is 3. The van der Waals surface area contributed by atoms with Gasteiger partial charge in [0.25, 0.3) is 10.0 Å². The fourth-order valence-electron chi connectivity index (χ4n) is 3.28. The SMILES string of the molecule is COc1ccc(-c2nnc(NC(=O)CN(c3ccc(C)cc3)S(=O)(=O)c3ccc(C)cc3)s2)cc1. The number of nitrogens with zero attached hydrogens (tertiary/aromatic N) is 3. The molecular formula is C25H24N4O4S2. The van der Waals surface area contributed by atoms with Crippen LogP contribution in [0.4, 0.5) is 10.8 Å². The van der Waals surface area contributed by atoms with E-state index >= 15 is 0 Å². The summed E-state index contributed by atoms with van der Waals surface area (Å²) in [4.78, 5) is 13.0. The molecule has 180 valence electrons. The molecule has 4 rings (SSSR count). The molecule has 0 unspecified atom stereocenters. The maximum Gasteiger partial charge on any atom is 0.264 e. The summed E-state index contributed by atoms with van der Waals surface area (Å²) in [6.45, 7) is 3.37. The van der Waals surface area contributed by atoms with E-state index in [0.29, 0.717) is 10.7 Å². The summed E-state index contributed by atoms with van der Waals surface area (Å²) in [5, 5.41) is 11.7. The minimum atomic E-state index is -3.99. The number of aryl methyl sites for hydroxylation is 2. The molecule has 0 aliphatic heterocycles. The van der Waals surface area contributed by atoms with Crippen LogP contribution in [0.2, 0.25) is 0 Å². The standard InChI is InChI=1S/C25H24N4O4S2/c1-17-4-10-20(11-5-17)29(35(31,32)22-14-6-18(2)7-15-22)16-23(30)26-25-28-27-24(34-25)19-8-12-21(33-3)13-9-19/h4-15H,16H2,1-3H3,(H,26,28,30). The third kappa shape index (κ3) is 5.67. The number of nitrogens with one attached hydrogen (secondary N) is 1. The summed E-state index contributed by atoms with van der Waals surface area (Å²) < 4.78 is 33.2. The molecule has 3 aromatic carbocycles. The first-order chi connectivity index (χ1) is 16.8. The van der Waals surface area contributed by atoms with Gasteiger partial charge in [-0.3, -0.25) is 14.4 Å². The highest BCUT2D eigenvalue weighted by atomic mass is 32.2. The second kappa shape index (κ2) is 10.2. The normalized spacial score (nSPS) is 11.2. The minimum Gasteiger partial charge on any atom is -0.497 e. The zero-order valence-electron chi connectivity index (χ0n) is 19.4. The first-order valence-corrected chi connectivity index (χ1v) is 13.0. The lowest BCUT2D eigenvalue weighted by Gasteiger charge is -2.24. The molecule has 0 bridgehead atoms. The molecule has 10 heteroatoms. The van der Waals surface area contributed by atoms with Crippen molar-refractivity contribution in [3.63, 3.8) is 0 Å². The van der Waals surface area contributed by atoms with Crippen molar-refractivity contribution in [1.82, 2.24) is 10.2 Å². The van der Waals surface area contributed by atoms with Gasteiger partial charge in [0.05, 0.1) is 17.7 Å². The summed E-state index contributed by atoms with van der Waals surface area (Å²) >= 11 is 1.20. The lowest BCUT2D eigenvalue weighted by atomic mass is 10.2. The van der Waals surface area contributed by atoms with Crippen LogP contribution in [-0.2, 0) is 14.8 Å². The average molecular weight is 509 g/mol. The highest BCUT2D eigenvalue weighted by molar-refractivity contribution is 7.92. The highest BCUT2D eigenvalue weighted by Crippen LogP contribution is 2.28. The number of carbonyl (C=O) groups excluding carboxylic acids is 1. The molecule has 0 saturated heterocycles. The second-order valence-electron chi connectivity index (χ2n) is 7.85. The van der Waals surface area contributed by atoms with Gasteiger partial charge in [-0.1, -0.05) is 46.7 Å². The van der Waals surface area contributed by atoms with Crippen LogP contribution in [-0.4, -0.2) is 38.2 Å². The van der Waals surface area contributed by atoms with Crippen molar-refractivity contribution in [1.29, 1.82) is 0 Å². The molecule has 1 aromatic heterocycles. The van der Waals surface area contributed by atoms with Gasteiger partial charge in [0.1, 0.15) is 17.3 Å². The molecule has 0 atom stereocenters. The van der Waals surface area contributed by atoms with Gasteiger partial charge in [0, 0.05) is 5.56 Å². The number of hydrogen-bond donors (Lipinski definition) is 1. The summed E-state index contributed by atoms with van der Waals surface area (Å²) in [6, 6.07) is 20.8. The zero-order valence-corrected chi connectivity index (χ0v) is 21.1. The van der Waals surface area contributed by atoms with Gasteiger partial charge in [0.2, 0.25) is 11.0 Å². The first kappa shape index (κ1) is 24.4. The molecular weight excluding hydrogens is 484 g/mol. The van der Waals surface area contributed by atoms with E-state index in [0.717, 1.165) is 26.7 Å². The number of anilines is 2. The van der Waals surface area contributed by atoms with Gasteiger partial charge in [-0.15, -0.1) is 10.2 Å². The lowest BCUT2D eigenvalue weighted by Crippen LogP contribution is -2.38. The van der Waals surface area contributed by atoms with E-state index in [1.54, 1.807) is 43.5 Å². The number of hydrogen-bond acceptors (Lipinski definition) is 7. The molecule has 0 radical (unpaired) electrons. The molecule has 0 aliphatic carbocycles. The van der Waals surface area contributed by atoms with E-state index in [1.165, 1.54) is 23.5 Å². The van der Waals surface area contributed by atoms with Crippen LogP contribution in [0.5, 0.6) is 5.75 Å². The van der Waals surface area contributed by atoms with Crippen molar-refractivity contribution in [2.75, 3.05) is 23.3 Å². The fraction of sp³-hybridized carbons (Fsp3) is 0.160. The number of ether oxygens (including phenoxy) is 1. The quantitative estimate of drug-likeness (QED) is 0.371. The number of rotatable bonds is 8. The first-order valence-electron chi connectivity index (χ1n) is 10.7. The maximum atomic E-state index is 13.5. The molecule has 0 saturated carbocycles. The van der Waals surface area contributed by atoms with E-state index in [9.17, 15) is 13.2 Å². The molecule has 0 spiro atoms. The maximum absolute atomic E-state index is 13.5. The molecule has 4 aromatic rings. The van der Waals surface area contributed by atoms with Gasteiger partial charge in [0.15, 0.2) is 0 Å². The summed E-state index contributed by atoms with van der Waals surface area (Å²) in [5.41, 5.74) is 3.13. The van der Waals surface area contributed by atoms with Crippen molar-refractivity contribution >= 4 is 38.1 Å². The summed E-state index contributed by atoms with van der Waals surface area (Å²) in [6.07, 6.45) is 0. The lowest BCUT2D eigenvalue weighted by molar-refractivity contribution is -0.114. The Hall–Kier alpha value is -3.76. The van der Waals surface area contributed by atoms with Crippen LogP contribution < -0.4 is 14.4 Å². The Morgan fingerprint density at radius 2 is 1.51 bits per heavy atom. The van der Waals surface area contributed by atoms with E-state index in [4.69, 9.17) is 4.74 Å². The molecule has 0 aliphatic rings. The Morgan fingerprint density at radius 3 is 2.11 bits per heavy atom. The van der Waals surface area contributed by atoms with Crippen molar-refractivity contribution < 1.29 is 17.9 Å². The Morgan fingerprint density at radius 1 is 0.914 bits per heavy atom. The third-order valence-electron chi connectivity index (χ3n) is 5.23. The molecule has 1 N–H and O–H groups in total. The largest absolute Gasteiger partial charge is 0.497 e. The van der Waals surface area contributed by atoms with Crippen molar-refractivity contribution in [3.05, 3.63) is 83.9 Å². The summed E-state index contributed by atoms with van der Waals surface area (Å²) in [5.74, 6) is 0.191. The Balaban J connectivity index is 1.56. The third-order valence-corrected chi connectivity index (χ3v) is 7.90. The molecule has 1 heterocycles. The smallest absolute Gasteiger partial charge is 0.264 e. The van der Waals surface area contributed by atoms with Gasteiger partial charge < -0.3 is 4.74 Å². The van der Waals surface area contributed by atoms with Crippen LogP contribution in [0.15, 0.2) is 77.7 Å². The number of methoxy groups -OCH3 is 1. The van der Waals surface area contributed by atoms with Crippen molar-refractivity contribution in [2.24, 2.45) is 0 Å². The highest BCUT2D eigenvalue weighted by Gasteiger charge is 2.27. The molecule has 0 fully saturated rings. The van der Waals surface area contributed by atoms with Crippen molar-refractivity contribution in [3.8, 4) is 16.3 Å². The average Bonchev–Trinajstić information content (AvgIpc) is 3.32. The topological polar surface area (TPSA) is 101 Å². The van der Waals surface area contributed by atoms with E-state index in [2.05, 4.69) is 15.5 Å². The summed E-state index contributed by atoms with van der Waals surface area (Å²) in [7, 11) is -2.40. The van der Waals surface area contributed by atoms with Crippen LogP contribution in [0, 0.1) is 13.8 Å². The van der Waals surface area contributed by atoms with E-state index < -0.39 is 22.5 Å². The van der Waals surface area contributed by atoms with Crippen LogP contribution in [0.25, 0.3) is 10.6 Å². The molecule has 1 amide bonds. The zero-order chi connectivity index (χ0) is 25.0. The van der Waals surface area contributed by atoms with E-state index in [-0.39, 0.29) is 10.0 Å². The van der Waals surface area contributed by atoms with Crippen LogP contribution in [0.3, 0.4) is 0 Å². The predicted molar refractivity (Wildman–Crippen MR) is 137 cm³/mol. The fourth-order valence-corrected chi connectivity index (χ4v) is 5.46. The number of sulfonamides is 1.